The van der Waals surface area contributed by atoms with Crippen molar-refractivity contribution in [2.75, 3.05) is 7.11 Å². The number of hydrogen-bond donors (Lipinski definition) is 1. The van der Waals surface area contributed by atoms with Gasteiger partial charge in [-0.3, -0.25) is 4.79 Å². The summed E-state index contributed by atoms with van der Waals surface area (Å²) in [6.45, 7) is -0.0386. The van der Waals surface area contributed by atoms with E-state index in [2.05, 4.69) is 0 Å². The number of halogens is 2. The molecule has 5 heteroatoms. The van der Waals surface area contributed by atoms with E-state index in [1.54, 1.807) is 0 Å². The van der Waals surface area contributed by atoms with E-state index in [0.29, 0.717) is 25.7 Å². The van der Waals surface area contributed by atoms with Gasteiger partial charge >= 0.3 is 5.97 Å². The Morgan fingerprint density at radius 1 is 1.32 bits per heavy atom. The third-order valence-corrected chi connectivity index (χ3v) is 3.84. The Hall–Kier alpha value is -1.49. The van der Waals surface area contributed by atoms with Crippen LogP contribution in [0.5, 0.6) is 0 Å². The zero-order valence-electron chi connectivity index (χ0n) is 10.7. The van der Waals surface area contributed by atoms with Crippen molar-refractivity contribution < 1.29 is 23.4 Å². The van der Waals surface area contributed by atoms with E-state index in [-0.39, 0.29) is 17.7 Å². The highest BCUT2D eigenvalue weighted by Gasteiger charge is 2.45. The van der Waals surface area contributed by atoms with Crippen molar-refractivity contribution in [2.24, 2.45) is 0 Å². The van der Waals surface area contributed by atoms with Crippen LogP contribution in [-0.4, -0.2) is 18.2 Å². The molecule has 3 nitrogen and oxygen atoms in total. The summed E-state index contributed by atoms with van der Waals surface area (Å²) < 4.78 is 32.8. The fraction of sp³-hybridized carbons (Fsp3) is 0.500. The summed E-state index contributed by atoms with van der Waals surface area (Å²) in [7, 11) is 1.39. The van der Waals surface area contributed by atoms with Crippen molar-refractivity contribution in [1.82, 2.24) is 0 Å². The molecule has 0 unspecified atom stereocenters. The van der Waals surface area contributed by atoms with Gasteiger partial charge in [0.05, 0.1) is 12.0 Å². The molecule has 1 aromatic carbocycles. The Balaban J connectivity index is 2.50. The van der Waals surface area contributed by atoms with Gasteiger partial charge < -0.3 is 9.84 Å². The van der Waals surface area contributed by atoms with Gasteiger partial charge in [-0.05, 0) is 12.8 Å². The maximum Gasteiger partial charge on any atom is 0.314 e. The number of carbonyl (C=O) groups is 1. The number of methoxy groups -OCH3 is 1. The van der Waals surface area contributed by atoms with Crippen LogP contribution < -0.4 is 0 Å². The summed E-state index contributed by atoms with van der Waals surface area (Å²) in [5, 5.41) is 9.39. The molecule has 0 aromatic heterocycles. The number of carboxylic acids is 1. The van der Waals surface area contributed by atoms with Crippen LogP contribution in [0.15, 0.2) is 12.1 Å². The molecule has 104 valence electrons. The van der Waals surface area contributed by atoms with Crippen LogP contribution in [0.4, 0.5) is 8.78 Å². The molecule has 0 amide bonds. The third kappa shape index (κ3) is 2.23. The standard InChI is InChI=1S/C14H16F2O3/c1-19-8-9-4-5-10(12(16)11(9)15)14(13(17)18)6-2-3-7-14/h4-5H,2-3,6-8H2,1H3,(H,17,18). The zero-order valence-corrected chi connectivity index (χ0v) is 10.7. The first-order valence-electron chi connectivity index (χ1n) is 6.22. The van der Waals surface area contributed by atoms with E-state index in [1.165, 1.54) is 19.2 Å². The third-order valence-electron chi connectivity index (χ3n) is 3.84. The molecule has 0 atom stereocenters. The van der Waals surface area contributed by atoms with Crippen LogP contribution >= 0.6 is 0 Å². The summed E-state index contributed by atoms with van der Waals surface area (Å²) in [6.07, 6.45) is 2.13. The Labute approximate surface area is 110 Å². The van der Waals surface area contributed by atoms with E-state index in [1.807, 2.05) is 0 Å². The van der Waals surface area contributed by atoms with E-state index >= 15 is 0 Å². The average molecular weight is 270 g/mol. The first-order chi connectivity index (χ1) is 9.03. The molecule has 0 heterocycles. The van der Waals surface area contributed by atoms with Gasteiger partial charge in [0, 0.05) is 18.2 Å². The molecule has 2 rings (SSSR count). The molecule has 1 N–H and O–H groups in total. The fourth-order valence-electron chi connectivity index (χ4n) is 2.80. The second-order valence-corrected chi connectivity index (χ2v) is 4.93. The molecule has 0 spiro atoms. The second kappa shape index (κ2) is 5.25. The number of rotatable bonds is 4. The van der Waals surface area contributed by atoms with Crippen molar-refractivity contribution in [3.8, 4) is 0 Å². The monoisotopic (exact) mass is 270 g/mol. The van der Waals surface area contributed by atoms with Gasteiger partial charge in [0.25, 0.3) is 0 Å². The maximum absolute atomic E-state index is 14.1. The van der Waals surface area contributed by atoms with Gasteiger partial charge in [-0.15, -0.1) is 0 Å². The Kier molecular flexibility index (Phi) is 3.85. The van der Waals surface area contributed by atoms with Gasteiger partial charge in [0.1, 0.15) is 0 Å². The molecule has 1 fully saturated rings. The molecular formula is C14H16F2O3. The topological polar surface area (TPSA) is 46.5 Å². The van der Waals surface area contributed by atoms with Crippen molar-refractivity contribution in [2.45, 2.75) is 37.7 Å². The molecular weight excluding hydrogens is 254 g/mol. The smallest absolute Gasteiger partial charge is 0.314 e. The van der Waals surface area contributed by atoms with E-state index in [9.17, 15) is 18.7 Å². The normalized spacial score (nSPS) is 17.6. The van der Waals surface area contributed by atoms with Gasteiger partial charge in [0.2, 0.25) is 0 Å². The summed E-state index contributed by atoms with van der Waals surface area (Å²) >= 11 is 0. The maximum atomic E-state index is 14.1. The number of aliphatic carboxylic acids is 1. The van der Waals surface area contributed by atoms with Crippen LogP contribution in [0.1, 0.15) is 36.8 Å². The summed E-state index contributed by atoms with van der Waals surface area (Å²) in [5.74, 6) is -3.14. The number of ether oxygens (including phenoxy) is 1. The lowest BCUT2D eigenvalue weighted by Crippen LogP contribution is -2.34. The van der Waals surface area contributed by atoms with Crippen molar-refractivity contribution in [3.63, 3.8) is 0 Å². The Morgan fingerprint density at radius 2 is 1.95 bits per heavy atom. The minimum absolute atomic E-state index is 0.0386. The summed E-state index contributed by atoms with van der Waals surface area (Å²) in [5.41, 5.74) is -1.23. The molecule has 0 radical (unpaired) electrons. The molecule has 1 aromatic rings. The average Bonchev–Trinajstić information content (AvgIpc) is 2.86. The minimum atomic E-state index is -1.28. The lowest BCUT2D eigenvalue weighted by molar-refractivity contribution is -0.143. The van der Waals surface area contributed by atoms with E-state index in [0.717, 1.165) is 0 Å². The van der Waals surface area contributed by atoms with Gasteiger partial charge in [-0.25, -0.2) is 8.78 Å². The van der Waals surface area contributed by atoms with Crippen LogP contribution in [0, 0.1) is 11.6 Å². The molecule has 0 bridgehead atoms. The van der Waals surface area contributed by atoms with E-state index < -0.39 is 23.0 Å². The first-order valence-corrected chi connectivity index (χ1v) is 6.22. The predicted molar refractivity (Wildman–Crippen MR) is 64.9 cm³/mol. The van der Waals surface area contributed by atoms with Gasteiger partial charge in [-0.2, -0.15) is 0 Å². The lowest BCUT2D eigenvalue weighted by atomic mass is 9.78. The van der Waals surface area contributed by atoms with Crippen LogP contribution in [0.25, 0.3) is 0 Å². The largest absolute Gasteiger partial charge is 0.481 e. The number of benzene rings is 1. The zero-order chi connectivity index (χ0) is 14.0. The fourth-order valence-corrected chi connectivity index (χ4v) is 2.80. The van der Waals surface area contributed by atoms with Crippen LogP contribution in [-0.2, 0) is 21.6 Å². The van der Waals surface area contributed by atoms with Gasteiger partial charge in [0.15, 0.2) is 11.6 Å². The SMILES string of the molecule is COCc1ccc(C2(C(=O)O)CCCC2)c(F)c1F. The Bertz CT molecular complexity index is 494. The predicted octanol–water partition coefficient (Wildman–Crippen LogP) is 3.01. The van der Waals surface area contributed by atoms with Gasteiger partial charge in [-0.1, -0.05) is 25.0 Å². The molecule has 0 aliphatic heterocycles. The van der Waals surface area contributed by atoms with Crippen molar-refractivity contribution in [1.29, 1.82) is 0 Å². The number of hydrogen-bond acceptors (Lipinski definition) is 2. The first kappa shape index (κ1) is 13.9. The lowest BCUT2D eigenvalue weighted by Gasteiger charge is -2.25. The molecule has 1 aliphatic carbocycles. The highest BCUT2D eigenvalue weighted by atomic mass is 19.2. The Morgan fingerprint density at radius 3 is 2.47 bits per heavy atom. The second-order valence-electron chi connectivity index (χ2n) is 4.93. The molecule has 19 heavy (non-hydrogen) atoms. The quantitative estimate of drug-likeness (QED) is 0.914. The van der Waals surface area contributed by atoms with Crippen LogP contribution in [0.3, 0.4) is 0 Å². The minimum Gasteiger partial charge on any atom is -0.481 e. The van der Waals surface area contributed by atoms with Crippen molar-refractivity contribution in [3.05, 3.63) is 34.9 Å². The summed E-state index contributed by atoms with van der Waals surface area (Å²) in [4.78, 5) is 11.5. The highest BCUT2D eigenvalue weighted by Crippen LogP contribution is 2.43. The highest BCUT2D eigenvalue weighted by molar-refractivity contribution is 5.82. The van der Waals surface area contributed by atoms with E-state index in [4.69, 9.17) is 4.74 Å². The number of carboxylic acid groups (broad SMARTS) is 1. The molecule has 0 saturated heterocycles. The summed E-state index contributed by atoms with van der Waals surface area (Å²) in [6, 6.07) is 2.78. The molecule has 1 aliphatic rings. The molecule has 1 saturated carbocycles. The van der Waals surface area contributed by atoms with Crippen LogP contribution in [0.2, 0.25) is 0 Å². The van der Waals surface area contributed by atoms with Crippen molar-refractivity contribution >= 4 is 5.97 Å².